The molecule has 1 aliphatic heterocycles. The van der Waals surface area contributed by atoms with Crippen LogP contribution in [0.2, 0.25) is 0 Å². The van der Waals surface area contributed by atoms with Gasteiger partial charge in [0.2, 0.25) is 17.6 Å². The zero-order valence-electron chi connectivity index (χ0n) is 16.8. The molecule has 4 rings (SSSR count). The van der Waals surface area contributed by atoms with E-state index in [2.05, 4.69) is 20.4 Å². The molecule has 2 aromatic heterocycles. The molecule has 0 unspecified atom stereocenters. The lowest BCUT2D eigenvalue weighted by Crippen LogP contribution is -2.46. The van der Waals surface area contributed by atoms with Crippen LogP contribution in [-0.4, -0.2) is 51.0 Å². The third kappa shape index (κ3) is 5.30. The average Bonchev–Trinajstić information content (AvgIpc) is 3.28. The summed E-state index contributed by atoms with van der Waals surface area (Å²) in [6, 6.07) is 10.9. The number of halogens is 1. The molecule has 0 saturated carbocycles. The maximum Gasteiger partial charge on any atom is 0.251 e. The van der Waals surface area contributed by atoms with E-state index in [0.29, 0.717) is 55.3 Å². The number of pyridine rings is 1. The van der Waals surface area contributed by atoms with Gasteiger partial charge in [0.1, 0.15) is 11.5 Å². The molecule has 3 aromatic rings. The van der Waals surface area contributed by atoms with Gasteiger partial charge in [-0.25, -0.2) is 4.39 Å². The Kier molecular flexibility index (Phi) is 6.30. The fourth-order valence-electron chi connectivity index (χ4n) is 3.47. The van der Waals surface area contributed by atoms with Crippen LogP contribution in [0.4, 0.5) is 4.39 Å². The van der Waals surface area contributed by atoms with E-state index in [4.69, 9.17) is 4.52 Å². The van der Waals surface area contributed by atoms with E-state index in [1.165, 1.54) is 24.3 Å². The summed E-state index contributed by atoms with van der Waals surface area (Å²) in [5, 5.41) is 6.86. The number of rotatable bonds is 6. The zero-order valence-corrected chi connectivity index (χ0v) is 16.8. The van der Waals surface area contributed by atoms with Crippen molar-refractivity contribution in [1.82, 2.24) is 25.3 Å². The summed E-state index contributed by atoms with van der Waals surface area (Å²) in [6.45, 7) is 1.13. The number of nitrogens with one attached hydrogen (secondary N) is 1. The maximum atomic E-state index is 13.0. The Hall–Kier alpha value is -3.62. The van der Waals surface area contributed by atoms with E-state index >= 15 is 0 Å². The Balaban J connectivity index is 1.22. The number of benzene rings is 1. The fraction of sp³-hybridized carbons (Fsp3) is 0.318. The van der Waals surface area contributed by atoms with Crippen molar-refractivity contribution in [2.45, 2.75) is 31.7 Å². The van der Waals surface area contributed by atoms with Crippen molar-refractivity contribution in [3.05, 3.63) is 65.9 Å². The minimum Gasteiger partial charge on any atom is -0.349 e. The number of likely N-dealkylation sites (tertiary alicyclic amines) is 1. The molecule has 3 heterocycles. The summed E-state index contributed by atoms with van der Waals surface area (Å²) < 4.78 is 18.2. The summed E-state index contributed by atoms with van der Waals surface area (Å²) in [5.41, 5.74) is 1.04. The molecular formula is C22H22FN5O3. The molecule has 1 aliphatic rings. The van der Waals surface area contributed by atoms with Crippen LogP contribution < -0.4 is 5.32 Å². The maximum absolute atomic E-state index is 13.0. The van der Waals surface area contributed by atoms with E-state index in [9.17, 15) is 14.0 Å². The normalized spacial score (nSPS) is 14.4. The van der Waals surface area contributed by atoms with Gasteiger partial charge in [-0.05, 0) is 49.2 Å². The van der Waals surface area contributed by atoms with Crippen LogP contribution in [0.1, 0.15) is 35.5 Å². The van der Waals surface area contributed by atoms with Gasteiger partial charge in [0.15, 0.2) is 0 Å². The molecule has 9 heteroatoms. The van der Waals surface area contributed by atoms with Crippen molar-refractivity contribution in [3.8, 4) is 11.5 Å². The summed E-state index contributed by atoms with van der Waals surface area (Å²) in [5.74, 6) is 0.207. The van der Waals surface area contributed by atoms with Gasteiger partial charge in [-0.2, -0.15) is 4.98 Å². The van der Waals surface area contributed by atoms with Crippen LogP contribution in [0, 0.1) is 5.82 Å². The molecule has 1 fully saturated rings. The molecule has 1 N–H and O–H groups in total. The highest BCUT2D eigenvalue weighted by Gasteiger charge is 2.24. The first-order valence-electron chi connectivity index (χ1n) is 10.2. The van der Waals surface area contributed by atoms with Crippen molar-refractivity contribution < 1.29 is 18.5 Å². The highest BCUT2D eigenvalue weighted by molar-refractivity contribution is 5.94. The first-order chi connectivity index (χ1) is 15.1. The van der Waals surface area contributed by atoms with E-state index in [1.807, 2.05) is 6.07 Å². The molecule has 0 radical (unpaired) electrons. The van der Waals surface area contributed by atoms with Crippen LogP contribution in [-0.2, 0) is 11.2 Å². The van der Waals surface area contributed by atoms with Crippen LogP contribution in [0.3, 0.4) is 0 Å². The number of amides is 2. The topological polar surface area (TPSA) is 101 Å². The van der Waals surface area contributed by atoms with Crippen LogP contribution >= 0.6 is 0 Å². The smallest absolute Gasteiger partial charge is 0.251 e. The number of carbonyl (C=O) groups is 2. The van der Waals surface area contributed by atoms with E-state index in [1.54, 1.807) is 23.2 Å². The lowest BCUT2D eigenvalue weighted by atomic mass is 10.0. The van der Waals surface area contributed by atoms with Crippen LogP contribution in [0.25, 0.3) is 11.5 Å². The van der Waals surface area contributed by atoms with Gasteiger partial charge in [0.05, 0.1) is 0 Å². The van der Waals surface area contributed by atoms with Gasteiger partial charge >= 0.3 is 0 Å². The average molecular weight is 423 g/mol. The third-order valence-electron chi connectivity index (χ3n) is 5.20. The largest absolute Gasteiger partial charge is 0.349 e. The Labute approximate surface area is 178 Å². The lowest BCUT2D eigenvalue weighted by Gasteiger charge is -2.32. The minimum atomic E-state index is -0.378. The Morgan fingerprint density at radius 3 is 2.61 bits per heavy atom. The van der Waals surface area contributed by atoms with Crippen molar-refractivity contribution >= 4 is 11.8 Å². The Bertz CT molecular complexity index is 1030. The number of aryl methyl sites for hydroxylation is 1. The first-order valence-corrected chi connectivity index (χ1v) is 10.2. The number of carbonyl (C=O) groups excluding carboxylic acids is 2. The van der Waals surface area contributed by atoms with Gasteiger partial charge < -0.3 is 14.7 Å². The molecule has 31 heavy (non-hydrogen) atoms. The first kappa shape index (κ1) is 20.6. The predicted molar refractivity (Wildman–Crippen MR) is 109 cm³/mol. The Morgan fingerprint density at radius 1 is 1.13 bits per heavy atom. The van der Waals surface area contributed by atoms with Crippen LogP contribution in [0.15, 0.2) is 53.2 Å². The second-order valence-corrected chi connectivity index (χ2v) is 7.36. The predicted octanol–water partition coefficient (Wildman–Crippen LogP) is 2.62. The molecular weight excluding hydrogens is 401 g/mol. The molecule has 0 spiro atoms. The minimum absolute atomic E-state index is 0.0147. The highest BCUT2D eigenvalue weighted by Crippen LogP contribution is 2.16. The molecule has 0 atom stereocenters. The van der Waals surface area contributed by atoms with Crippen molar-refractivity contribution in [3.63, 3.8) is 0 Å². The van der Waals surface area contributed by atoms with Crippen molar-refractivity contribution in [2.24, 2.45) is 0 Å². The summed E-state index contributed by atoms with van der Waals surface area (Å²) in [6.07, 6.45) is 3.63. The Morgan fingerprint density at radius 2 is 1.90 bits per heavy atom. The molecule has 2 amide bonds. The lowest BCUT2D eigenvalue weighted by molar-refractivity contribution is -0.132. The molecule has 0 aliphatic carbocycles. The molecule has 160 valence electrons. The fourth-order valence-corrected chi connectivity index (χ4v) is 3.47. The highest BCUT2D eigenvalue weighted by atomic mass is 19.1. The molecule has 1 aromatic carbocycles. The van der Waals surface area contributed by atoms with Gasteiger partial charge in [0, 0.05) is 43.7 Å². The van der Waals surface area contributed by atoms with Gasteiger partial charge in [-0.15, -0.1) is 0 Å². The number of hydrogen-bond acceptors (Lipinski definition) is 6. The van der Waals surface area contributed by atoms with Gasteiger partial charge in [-0.1, -0.05) is 11.2 Å². The standard InChI is InChI=1S/C22H22FN5O3/c23-16-6-4-15(5-7-16)22(30)25-17-10-13-28(14-11-17)20(29)9-8-19-26-21(27-31-19)18-3-1-2-12-24-18/h1-7,12,17H,8-11,13-14H2,(H,25,30). The molecule has 1 saturated heterocycles. The number of nitrogens with zero attached hydrogens (tertiary/aromatic N) is 4. The number of hydrogen-bond donors (Lipinski definition) is 1. The third-order valence-corrected chi connectivity index (χ3v) is 5.20. The summed E-state index contributed by atoms with van der Waals surface area (Å²) in [7, 11) is 0. The van der Waals surface area contributed by atoms with E-state index in [-0.39, 0.29) is 30.1 Å². The van der Waals surface area contributed by atoms with Crippen molar-refractivity contribution in [1.29, 1.82) is 0 Å². The SMILES string of the molecule is O=C(NC1CCN(C(=O)CCc2nc(-c3ccccn3)no2)CC1)c1ccc(F)cc1. The molecule has 8 nitrogen and oxygen atoms in total. The quantitative estimate of drug-likeness (QED) is 0.654. The zero-order chi connectivity index (χ0) is 21.6. The molecule has 0 bridgehead atoms. The summed E-state index contributed by atoms with van der Waals surface area (Å²) >= 11 is 0. The monoisotopic (exact) mass is 423 g/mol. The second kappa shape index (κ2) is 9.46. The number of piperidine rings is 1. The summed E-state index contributed by atoms with van der Waals surface area (Å²) in [4.78, 5) is 35.1. The second-order valence-electron chi connectivity index (χ2n) is 7.36. The van der Waals surface area contributed by atoms with Gasteiger partial charge in [0.25, 0.3) is 5.91 Å². The van der Waals surface area contributed by atoms with Crippen LogP contribution in [0.5, 0.6) is 0 Å². The van der Waals surface area contributed by atoms with Crippen molar-refractivity contribution in [2.75, 3.05) is 13.1 Å². The van der Waals surface area contributed by atoms with E-state index < -0.39 is 0 Å². The van der Waals surface area contributed by atoms with Gasteiger partial charge in [-0.3, -0.25) is 14.6 Å². The number of aromatic nitrogens is 3. The van der Waals surface area contributed by atoms with E-state index in [0.717, 1.165) is 0 Å².